The molecular weight excluding hydrogens is 198 g/mol. The Bertz CT molecular complexity index is 317. The molecule has 1 atom stereocenters. The van der Waals surface area contributed by atoms with E-state index >= 15 is 0 Å². The Morgan fingerprint density at radius 3 is 2.88 bits per heavy atom. The van der Waals surface area contributed by atoms with Gasteiger partial charge in [-0.15, -0.1) is 0 Å². The minimum atomic E-state index is 0.532. The van der Waals surface area contributed by atoms with Gasteiger partial charge in [0, 0.05) is 30.9 Å². The lowest BCUT2D eigenvalue weighted by Crippen LogP contribution is -2.23. The van der Waals surface area contributed by atoms with Crippen LogP contribution in [0.3, 0.4) is 0 Å². The van der Waals surface area contributed by atoms with Crippen molar-refractivity contribution < 1.29 is 0 Å². The highest BCUT2D eigenvalue weighted by Gasteiger charge is 2.23. The Kier molecular flexibility index (Phi) is 2.79. The lowest BCUT2D eigenvalue weighted by Gasteiger charge is -2.22. The van der Waals surface area contributed by atoms with Gasteiger partial charge in [0.1, 0.15) is 5.82 Å². The molecule has 2 saturated heterocycles. The van der Waals surface area contributed by atoms with Crippen molar-refractivity contribution in [2.45, 2.75) is 31.7 Å². The fraction of sp³-hybridized carbons (Fsp3) is 0.615. The SMILES string of the molecule is c1cnc(N2CCCC2)c([C@H]2CCCN2)c1. The summed E-state index contributed by atoms with van der Waals surface area (Å²) >= 11 is 0. The van der Waals surface area contributed by atoms with Gasteiger partial charge in [0.05, 0.1) is 0 Å². The summed E-state index contributed by atoms with van der Waals surface area (Å²) in [7, 11) is 0. The molecule has 1 aromatic heterocycles. The van der Waals surface area contributed by atoms with Crippen molar-refractivity contribution in [3.05, 3.63) is 23.9 Å². The van der Waals surface area contributed by atoms with Crippen LogP contribution in [0.1, 0.15) is 37.3 Å². The topological polar surface area (TPSA) is 28.2 Å². The molecule has 0 aromatic carbocycles. The lowest BCUT2D eigenvalue weighted by atomic mass is 10.1. The lowest BCUT2D eigenvalue weighted by molar-refractivity contribution is 0.642. The molecule has 3 heteroatoms. The van der Waals surface area contributed by atoms with Gasteiger partial charge in [0.25, 0.3) is 0 Å². The van der Waals surface area contributed by atoms with Crippen LogP contribution in [0.2, 0.25) is 0 Å². The predicted octanol–water partition coefficient (Wildman–Crippen LogP) is 2.11. The van der Waals surface area contributed by atoms with Crippen molar-refractivity contribution >= 4 is 5.82 Å². The first-order valence-electron chi connectivity index (χ1n) is 6.38. The van der Waals surface area contributed by atoms with E-state index in [0.29, 0.717) is 6.04 Å². The van der Waals surface area contributed by atoms with Gasteiger partial charge in [-0.2, -0.15) is 0 Å². The Morgan fingerprint density at radius 1 is 1.25 bits per heavy atom. The van der Waals surface area contributed by atoms with Gasteiger partial charge < -0.3 is 10.2 Å². The van der Waals surface area contributed by atoms with Crippen LogP contribution in [0.4, 0.5) is 5.82 Å². The predicted molar refractivity (Wildman–Crippen MR) is 65.7 cm³/mol. The van der Waals surface area contributed by atoms with E-state index < -0.39 is 0 Å². The first kappa shape index (κ1) is 10.1. The van der Waals surface area contributed by atoms with E-state index in [1.54, 1.807) is 0 Å². The van der Waals surface area contributed by atoms with E-state index in [1.165, 1.54) is 50.2 Å². The van der Waals surface area contributed by atoms with Crippen molar-refractivity contribution in [2.75, 3.05) is 24.5 Å². The van der Waals surface area contributed by atoms with Gasteiger partial charge in [0.15, 0.2) is 0 Å². The highest BCUT2D eigenvalue weighted by atomic mass is 15.2. The average molecular weight is 217 g/mol. The molecule has 3 rings (SSSR count). The van der Waals surface area contributed by atoms with Crippen LogP contribution in [0.25, 0.3) is 0 Å². The number of rotatable bonds is 2. The molecule has 86 valence electrons. The highest BCUT2D eigenvalue weighted by Crippen LogP contribution is 2.31. The van der Waals surface area contributed by atoms with Gasteiger partial charge in [-0.05, 0) is 38.3 Å². The molecular formula is C13H19N3. The van der Waals surface area contributed by atoms with Crippen molar-refractivity contribution in [1.82, 2.24) is 10.3 Å². The molecule has 1 aromatic rings. The molecule has 2 aliphatic rings. The van der Waals surface area contributed by atoms with E-state index in [9.17, 15) is 0 Å². The monoisotopic (exact) mass is 217 g/mol. The molecule has 3 nitrogen and oxygen atoms in total. The van der Waals surface area contributed by atoms with Gasteiger partial charge in [-0.1, -0.05) is 6.07 Å². The number of anilines is 1. The second-order valence-corrected chi connectivity index (χ2v) is 4.76. The van der Waals surface area contributed by atoms with Crippen LogP contribution >= 0.6 is 0 Å². The molecule has 0 bridgehead atoms. The smallest absolute Gasteiger partial charge is 0.133 e. The van der Waals surface area contributed by atoms with Crippen molar-refractivity contribution in [3.63, 3.8) is 0 Å². The Hall–Kier alpha value is -1.09. The fourth-order valence-corrected chi connectivity index (χ4v) is 2.82. The minimum Gasteiger partial charge on any atom is -0.356 e. The number of hydrogen-bond donors (Lipinski definition) is 1. The standard InChI is InChI=1S/C13H19N3/c1-2-10-16(9-1)13-11(5-3-8-15-13)12-6-4-7-14-12/h3,5,8,12,14H,1-2,4,6-7,9-10H2/t12-/m1/s1. The zero-order valence-corrected chi connectivity index (χ0v) is 9.65. The molecule has 0 unspecified atom stereocenters. The second kappa shape index (κ2) is 4.42. The van der Waals surface area contributed by atoms with Crippen LogP contribution in [0, 0.1) is 0 Å². The quantitative estimate of drug-likeness (QED) is 0.822. The van der Waals surface area contributed by atoms with Crippen LogP contribution in [0.15, 0.2) is 18.3 Å². The molecule has 0 radical (unpaired) electrons. The number of pyridine rings is 1. The molecule has 0 saturated carbocycles. The molecule has 3 heterocycles. The first-order chi connectivity index (χ1) is 7.95. The maximum atomic E-state index is 4.59. The Labute approximate surface area is 96.9 Å². The van der Waals surface area contributed by atoms with Gasteiger partial charge in [0.2, 0.25) is 0 Å². The molecule has 1 N–H and O–H groups in total. The normalized spacial score (nSPS) is 25.2. The van der Waals surface area contributed by atoms with Gasteiger partial charge in [-0.3, -0.25) is 0 Å². The molecule has 0 spiro atoms. The van der Waals surface area contributed by atoms with Crippen LogP contribution in [0.5, 0.6) is 0 Å². The van der Waals surface area contributed by atoms with Crippen LogP contribution in [-0.4, -0.2) is 24.6 Å². The summed E-state index contributed by atoms with van der Waals surface area (Å²) in [6.07, 6.45) is 7.10. The third-order valence-electron chi connectivity index (χ3n) is 3.66. The molecule has 2 aliphatic heterocycles. The zero-order valence-electron chi connectivity index (χ0n) is 9.65. The maximum Gasteiger partial charge on any atom is 0.133 e. The van der Waals surface area contributed by atoms with Gasteiger partial charge in [-0.25, -0.2) is 4.98 Å². The Balaban J connectivity index is 1.90. The zero-order chi connectivity index (χ0) is 10.8. The first-order valence-corrected chi connectivity index (χ1v) is 6.38. The summed E-state index contributed by atoms with van der Waals surface area (Å²) in [5, 5.41) is 3.57. The summed E-state index contributed by atoms with van der Waals surface area (Å²) in [4.78, 5) is 7.03. The number of nitrogens with zero attached hydrogens (tertiary/aromatic N) is 2. The second-order valence-electron chi connectivity index (χ2n) is 4.76. The third-order valence-corrected chi connectivity index (χ3v) is 3.66. The summed E-state index contributed by atoms with van der Waals surface area (Å²) in [5.74, 6) is 1.22. The minimum absolute atomic E-state index is 0.532. The maximum absolute atomic E-state index is 4.59. The fourth-order valence-electron chi connectivity index (χ4n) is 2.82. The number of hydrogen-bond acceptors (Lipinski definition) is 3. The molecule has 0 amide bonds. The highest BCUT2D eigenvalue weighted by molar-refractivity contribution is 5.49. The molecule has 16 heavy (non-hydrogen) atoms. The largest absolute Gasteiger partial charge is 0.356 e. The number of nitrogens with one attached hydrogen (secondary N) is 1. The van der Waals surface area contributed by atoms with Crippen molar-refractivity contribution in [2.24, 2.45) is 0 Å². The van der Waals surface area contributed by atoms with Crippen molar-refractivity contribution in [1.29, 1.82) is 0 Å². The molecule has 0 aliphatic carbocycles. The summed E-state index contributed by atoms with van der Waals surface area (Å²) in [5.41, 5.74) is 1.40. The number of aromatic nitrogens is 1. The summed E-state index contributed by atoms with van der Waals surface area (Å²) in [6, 6.07) is 4.84. The average Bonchev–Trinajstić information content (AvgIpc) is 3.03. The Morgan fingerprint density at radius 2 is 2.12 bits per heavy atom. The third kappa shape index (κ3) is 1.80. The van der Waals surface area contributed by atoms with E-state index in [4.69, 9.17) is 0 Å². The van der Waals surface area contributed by atoms with Crippen molar-refractivity contribution in [3.8, 4) is 0 Å². The van der Waals surface area contributed by atoms with Gasteiger partial charge >= 0.3 is 0 Å². The van der Waals surface area contributed by atoms with E-state index in [2.05, 4.69) is 27.3 Å². The van der Waals surface area contributed by atoms with E-state index in [-0.39, 0.29) is 0 Å². The summed E-state index contributed by atoms with van der Waals surface area (Å²) < 4.78 is 0. The molecule has 2 fully saturated rings. The van der Waals surface area contributed by atoms with Crippen LogP contribution < -0.4 is 10.2 Å². The van der Waals surface area contributed by atoms with E-state index in [1.807, 2.05) is 6.20 Å². The van der Waals surface area contributed by atoms with Crippen LogP contribution in [-0.2, 0) is 0 Å². The summed E-state index contributed by atoms with van der Waals surface area (Å²) in [6.45, 7) is 3.51. The van der Waals surface area contributed by atoms with E-state index in [0.717, 1.165) is 6.54 Å².